The Morgan fingerprint density at radius 1 is 1.67 bits per heavy atom. The number of amides is 1. The summed E-state index contributed by atoms with van der Waals surface area (Å²) < 4.78 is 0. The van der Waals surface area contributed by atoms with Gasteiger partial charge in [0.05, 0.1) is 5.75 Å². The zero-order valence-corrected chi connectivity index (χ0v) is 8.31. The van der Waals surface area contributed by atoms with Crippen LogP contribution < -0.4 is 5.32 Å². The lowest BCUT2D eigenvalue weighted by molar-refractivity contribution is -0.118. The van der Waals surface area contributed by atoms with E-state index in [1.165, 1.54) is 0 Å². The third kappa shape index (κ3) is 6.49. The predicted octanol–water partition coefficient (Wildman–Crippen LogP) is 0.441. The number of thiol groups is 1. The van der Waals surface area contributed by atoms with Gasteiger partial charge in [0.1, 0.15) is 0 Å². The molecule has 1 amide bonds. The van der Waals surface area contributed by atoms with E-state index >= 15 is 0 Å². The highest BCUT2D eigenvalue weighted by atomic mass is 32.1. The van der Waals surface area contributed by atoms with Crippen LogP contribution in [0.3, 0.4) is 0 Å². The molecule has 0 aromatic heterocycles. The fourth-order valence-electron chi connectivity index (χ4n) is 0.826. The summed E-state index contributed by atoms with van der Waals surface area (Å²) in [6.45, 7) is 2.89. The first-order valence-corrected chi connectivity index (χ1v) is 4.82. The summed E-state index contributed by atoms with van der Waals surface area (Å²) >= 11 is 3.82. The second kappa shape index (κ2) is 7.43. The van der Waals surface area contributed by atoms with Crippen molar-refractivity contribution < 1.29 is 9.90 Å². The van der Waals surface area contributed by atoms with Crippen molar-refractivity contribution in [1.82, 2.24) is 5.32 Å². The van der Waals surface area contributed by atoms with Crippen molar-refractivity contribution in [2.75, 3.05) is 18.9 Å². The maximum atomic E-state index is 10.7. The zero-order valence-electron chi connectivity index (χ0n) is 7.42. The lowest BCUT2D eigenvalue weighted by atomic mass is 10.1. The summed E-state index contributed by atoms with van der Waals surface area (Å²) in [6, 6.07) is 0. The lowest BCUT2D eigenvalue weighted by Gasteiger charge is -2.07. The van der Waals surface area contributed by atoms with Crippen LogP contribution in [0.15, 0.2) is 0 Å². The summed E-state index contributed by atoms with van der Waals surface area (Å²) in [5.41, 5.74) is 0. The van der Waals surface area contributed by atoms with Crippen LogP contribution in [0.5, 0.6) is 0 Å². The first-order valence-electron chi connectivity index (χ1n) is 4.19. The minimum atomic E-state index is -0.0324. The number of hydrogen-bond acceptors (Lipinski definition) is 3. The molecule has 0 aliphatic heterocycles. The van der Waals surface area contributed by atoms with E-state index in [-0.39, 0.29) is 18.3 Å². The van der Waals surface area contributed by atoms with Crippen LogP contribution in [0.4, 0.5) is 0 Å². The maximum absolute atomic E-state index is 10.7. The Hall–Kier alpha value is -0.220. The van der Waals surface area contributed by atoms with Crippen molar-refractivity contribution in [3.8, 4) is 0 Å². The fourth-order valence-corrected chi connectivity index (χ4v) is 0.937. The van der Waals surface area contributed by atoms with Gasteiger partial charge in [-0.15, -0.1) is 0 Å². The Kier molecular flexibility index (Phi) is 7.29. The van der Waals surface area contributed by atoms with Crippen LogP contribution in [-0.2, 0) is 4.79 Å². The first-order chi connectivity index (χ1) is 5.70. The van der Waals surface area contributed by atoms with Crippen molar-refractivity contribution in [3.05, 3.63) is 0 Å². The number of nitrogens with one attached hydrogen (secondary N) is 1. The molecule has 2 N–H and O–H groups in total. The van der Waals surface area contributed by atoms with Crippen LogP contribution in [0.1, 0.15) is 19.8 Å². The molecule has 0 aromatic carbocycles. The number of carbonyl (C=O) groups is 1. The van der Waals surface area contributed by atoms with E-state index in [4.69, 9.17) is 5.11 Å². The molecular formula is C8H17NO2S. The van der Waals surface area contributed by atoms with E-state index in [1.54, 1.807) is 0 Å². The third-order valence-electron chi connectivity index (χ3n) is 1.65. The standard InChI is InChI=1S/C8H17NO2S/c1-7(5-10)3-2-4-9-8(11)6-12/h7,10,12H,2-6H2,1H3,(H,9,11). The summed E-state index contributed by atoms with van der Waals surface area (Å²) in [5.74, 6) is 0.545. The summed E-state index contributed by atoms with van der Waals surface area (Å²) in [5, 5.41) is 11.4. The monoisotopic (exact) mass is 191 g/mol. The minimum Gasteiger partial charge on any atom is -0.396 e. The molecule has 3 nitrogen and oxygen atoms in total. The van der Waals surface area contributed by atoms with E-state index in [1.807, 2.05) is 6.92 Å². The number of carbonyl (C=O) groups excluding carboxylic acids is 1. The average Bonchev–Trinajstić information content (AvgIpc) is 2.11. The van der Waals surface area contributed by atoms with Gasteiger partial charge >= 0.3 is 0 Å². The van der Waals surface area contributed by atoms with E-state index in [0.717, 1.165) is 12.8 Å². The van der Waals surface area contributed by atoms with E-state index < -0.39 is 0 Å². The van der Waals surface area contributed by atoms with Gasteiger partial charge in [-0.05, 0) is 18.8 Å². The summed E-state index contributed by atoms with van der Waals surface area (Å²) in [7, 11) is 0. The summed E-state index contributed by atoms with van der Waals surface area (Å²) in [6.07, 6.45) is 1.87. The number of aliphatic hydroxyl groups is 1. The zero-order chi connectivity index (χ0) is 9.40. The molecule has 12 heavy (non-hydrogen) atoms. The molecule has 0 aliphatic rings. The number of hydrogen-bond donors (Lipinski definition) is 3. The fraction of sp³-hybridized carbons (Fsp3) is 0.875. The van der Waals surface area contributed by atoms with Gasteiger partial charge in [0, 0.05) is 13.2 Å². The van der Waals surface area contributed by atoms with Gasteiger partial charge in [0.15, 0.2) is 0 Å². The maximum Gasteiger partial charge on any atom is 0.229 e. The second-order valence-electron chi connectivity index (χ2n) is 2.94. The Balaban J connectivity index is 3.15. The molecular weight excluding hydrogens is 174 g/mol. The molecule has 0 spiro atoms. The van der Waals surface area contributed by atoms with E-state index in [9.17, 15) is 4.79 Å². The highest BCUT2D eigenvalue weighted by Crippen LogP contribution is 2.02. The van der Waals surface area contributed by atoms with Crippen molar-refractivity contribution >= 4 is 18.5 Å². The van der Waals surface area contributed by atoms with Gasteiger partial charge in [-0.3, -0.25) is 4.79 Å². The van der Waals surface area contributed by atoms with Gasteiger partial charge in [0.2, 0.25) is 5.91 Å². The first kappa shape index (κ1) is 11.8. The lowest BCUT2D eigenvalue weighted by Crippen LogP contribution is -2.25. The highest BCUT2D eigenvalue weighted by molar-refractivity contribution is 7.81. The molecule has 0 aliphatic carbocycles. The van der Waals surface area contributed by atoms with E-state index in [0.29, 0.717) is 12.5 Å². The van der Waals surface area contributed by atoms with Crippen molar-refractivity contribution in [3.63, 3.8) is 0 Å². The molecule has 0 fully saturated rings. The van der Waals surface area contributed by atoms with Crippen LogP contribution >= 0.6 is 12.6 Å². The van der Waals surface area contributed by atoms with Crippen LogP contribution in [0.2, 0.25) is 0 Å². The Labute approximate surface area is 79.0 Å². The van der Waals surface area contributed by atoms with Gasteiger partial charge < -0.3 is 10.4 Å². The SMILES string of the molecule is CC(CO)CCCNC(=O)CS. The quantitative estimate of drug-likeness (QED) is 0.421. The van der Waals surface area contributed by atoms with Gasteiger partial charge in [0.25, 0.3) is 0 Å². The Morgan fingerprint density at radius 3 is 2.83 bits per heavy atom. The normalized spacial score (nSPS) is 12.6. The van der Waals surface area contributed by atoms with Gasteiger partial charge in [-0.1, -0.05) is 6.92 Å². The molecule has 1 unspecified atom stereocenters. The predicted molar refractivity (Wildman–Crippen MR) is 52.3 cm³/mol. The molecule has 0 bridgehead atoms. The smallest absolute Gasteiger partial charge is 0.229 e. The molecule has 0 saturated heterocycles. The van der Waals surface area contributed by atoms with Gasteiger partial charge in [-0.25, -0.2) is 0 Å². The summed E-state index contributed by atoms with van der Waals surface area (Å²) in [4.78, 5) is 10.7. The highest BCUT2D eigenvalue weighted by Gasteiger charge is 2.00. The Morgan fingerprint density at radius 2 is 2.33 bits per heavy atom. The second-order valence-corrected chi connectivity index (χ2v) is 3.25. The minimum absolute atomic E-state index is 0.0324. The molecule has 4 heteroatoms. The number of aliphatic hydroxyl groups excluding tert-OH is 1. The van der Waals surface area contributed by atoms with Crippen molar-refractivity contribution in [2.45, 2.75) is 19.8 Å². The van der Waals surface area contributed by atoms with Crippen molar-refractivity contribution in [1.29, 1.82) is 0 Å². The molecule has 0 radical (unpaired) electrons. The molecule has 0 rings (SSSR count). The number of rotatable bonds is 6. The Bertz CT molecular complexity index is 130. The molecule has 72 valence electrons. The van der Waals surface area contributed by atoms with Crippen LogP contribution in [-0.4, -0.2) is 29.9 Å². The molecule has 0 heterocycles. The topological polar surface area (TPSA) is 49.3 Å². The largest absolute Gasteiger partial charge is 0.396 e. The molecule has 0 aromatic rings. The third-order valence-corrected chi connectivity index (χ3v) is 1.94. The molecule has 1 atom stereocenters. The van der Waals surface area contributed by atoms with Crippen molar-refractivity contribution in [2.24, 2.45) is 5.92 Å². The molecule has 0 saturated carbocycles. The average molecular weight is 191 g/mol. The van der Waals surface area contributed by atoms with Crippen LogP contribution in [0.25, 0.3) is 0 Å². The van der Waals surface area contributed by atoms with E-state index in [2.05, 4.69) is 17.9 Å². The van der Waals surface area contributed by atoms with Gasteiger partial charge in [-0.2, -0.15) is 12.6 Å². The van der Waals surface area contributed by atoms with Crippen LogP contribution in [0, 0.1) is 5.92 Å².